The highest BCUT2D eigenvalue weighted by Crippen LogP contribution is 2.13. The largest absolute Gasteiger partial charge is 0.481 e. The molecule has 0 bridgehead atoms. The molecule has 0 radical (unpaired) electrons. The number of benzene rings is 2. The smallest absolute Gasteiger partial charge is 0.338 e. The molecule has 26 heavy (non-hydrogen) atoms. The second kappa shape index (κ2) is 8.99. The van der Waals surface area contributed by atoms with E-state index in [-0.39, 0.29) is 0 Å². The van der Waals surface area contributed by atoms with Crippen molar-refractivity contribution in [1.29, 1.82) is 5.26 Å². The average molecular weight is 351 g/mol. The van der Waals surface area contributed by atoms with E-state index in [2.05, 4.69) is 10.5 Å². The predicted octanol–water partition coefficient (Wildman–Crippen LogP) is 2.26. The van der Waals surface area contributed by atoms with Gasteiger partial charge in [-0.3, -0.25) is 4.79 Å². The molecule has 2 aromatic carbocycles. The van der Waals surface area contributed by atoms with Crippen molar-refractivity contribution < 1.29 is 19.1 Å². The van der Waals surface area contributed by atoms with Gasteiger partial charge < -0.3 is 9.47 Å². The maximum atomic E-state index is 12.0. The molecular formula is C19H17N3O4. The maximum Gasteiger partial charge on any atom is 0.338 e. The third-order valence-electron chi connectivity index (χ3n) is 3.41. The predicted molar refractivity (Wildman–Crippen MR) is 94.8 cm³/mol. The minimum absolute atomic E-state index is 0.342. The molecule has 1 atom stereocenters. The van der Waals surface area contributed by atoms with Crippen molar-refractivity contribution in [2.24, 2.45) is 5.10 Å². The zero-order valence-electron chi connectivity index (χ0n) is 14.3. The van der Waals surface area contributed by atoms with Crippen LogP contribution < -0.4 is 10.2 Å². The standard InChI is InChI=1S/C19H17N3O4/c1-13(26-16-9-7-14(11-20)8-10-16)18(23)22-21-12-15-5-3-4-6-17(15)19(24)25-2/h3-10,12-13H,1-2H3,(H,22,23)/b21-12-/t13-/m0/s1. The topological polar surface area (TPSA) is 101 Å². The molecule has 0 aliphatic rings. The minimum Gasteiger partial charge on any atom is -0.481 e. The van der Waals surface area contributed by atoms with E-state index in [0.29, 0.717) is 22.4 Å². The van der Waals surface area contributed by atoms with Crippen LogP contribution in [-0.4, -0.2) is 31.3 Å². The van der Waals surface area contributed by atoms with E-state index in [4.69, 9.17) is 14.7 Å². The van der Waals surface area contributed by atoms with Crippen LogP contribution in [0.4, 0.5) is 0 Å². The molecular weight excluding hydrogens is 334 g/mol. The summed E-state index contributed by atoms with van der Waals surface area (Å²) in [6.45, 7) is 1.57. The zero-order valence-corrected chi connectivity index (χ0v) is 14.3. The Kier molecular flexibility index (Phi) is 6.46. The third-order valence-corrected chi connectivity index (χ3v) is 3.41. The number of hydrogen-bond acceptors (Lipinski definition) is 6. The monoisotopic (exact) mass is 351 g/mol. The van der Waals surface area contributed by atoms with E-state index in [9.17, 15) is 9.59 Å². The Balaban J connectivity index is 1.96. The average Bonchev–Trinajstić information content (AvgIpc) is 2.68. The molecule has 1 N–H and O–H groups in total. The van der Waals surface area contributed by atoms with Gasteiger partial charge >= 0.3 is 5.97 Å². The molecule has 0 aromatic heterocycles. The Hall–Kier alpha value is -3.66. The number of rotatable bonds is 6. The second-order valence-corrected chi connectivity index (χ2v) is 5.21. The number of nitrogens with zero attached hydrogens (tertiary/aromatic N) is 2. The lowest BCUT2D eigenvalue weighted by molar-refractivity contribution is -0.127. The van der Waals surface area contributed by atoms with Crippen LogP contribution in [0.3, 0.4) is 0 Å². The van der Waals surface area contributed by atoms with Crippen LogP contribution in [0.25, 0.3) is 0 Å². The molecule has 0 aliphatic heterocycles. The molecule has 0 unspecified atom stereocenters. The van der Waals surface area contributed by atoms with Crippen LogP contribution in [0.15, 0.2) is 53.6 Å². The molecule has 2 aromatic rings. The fourth-order valence-corrected chi connectivity index (χ4v) is 2.03. The van der Waals surface area contributed by atoms with Crippen LogP contribution >= 0.6 is 0 Å². The lowest BCUT2D eigenvalue weighted by Gasteiger charge is -2.12. The summed E-state index contributed by atoms with van der Waals surface area (Å²) in [4.78, 5) is 23.7. The number of esters is 1. The summed E-state index contributed by atoms with van der Waals surface area (Å²) in [5.74, 6) is -0.483. The molecule has 0 saturated heterocycles. The van der Waals surface area contributed by atoms with Crippen LogP contribution in [0.2, 0.25) is 0 Å². The number of ether oxygens (including phenoxy) is 2. The summed E-state index contributed by atoms with van der Waals surface area (Å²) in [5.41, 5.74) is 3.72. The molecule has 132 valence electrons. The van der Waals surface area contributed by atoms with Gasteiger partial charge in [-0.25, -0.2) is 10.2 Å². The van der Waals surface area contributed by atoms with E-state index >= 15 is 0 Å². The molecule has 0 spiro atoms. The van der Waals surface area contributed by atoms with Crippen LogP contribution in [-0.2, 0) is 9.53 Å². The molecule has 2 rings (SSSR count). The third kappa shape index (κ3) is 4.92. The van der Waals surface area contributed by atoms with Crippen molar-refractivity contribution in [2.75, 3.05) is 7.11 Å². The summed E-state index contributed by atoms with van der Waals surface area (Å²) >= 11 is 0. The number of nitrogens with one attached hydrogen (secondary N) is 1. The maximum absolute atomic E-state index is 12.0. The van der Waals surface area contributed by atoms with Crippen LogP contribution in [0.1, 0.15) is 28.4 Å². The van der Waals surface area contributed by atoms with Gasteiger partial charge in [-0.1, -0.05) is 18.2 Å². The van der Waals surface area contributed by atoms with Crippen LogP contribution in [0, 0.1) is 11.3 Å². The Labute approximate surface area is 150 Å². The molecule has 0 aliphatic carbocycles. The van der Waals surface area contributed by atoms with E-state index in [0.717, 1.165) is 0 Å². The van der Waals surface area contributed by atoms with E-state index in [1.54, 1.807) is 55.5 Å². The fraction of sp³-hybridized carbons (Fsp3) is 0.158. The lowest BCUT2D eigenvalue weighted by Crippen LogP contribution is -2.33. The van der Waals surface area contributed by atoms with Crippen molar-refractivity contribution in [3.8, 4) is 11.8 Å². The van der Waals surface area contributed by atoms with Gasteiger partial charge in [0.15, 0.2) is 6.10 Å². The number of carbonyl (C=O) groups is 2. The number of hydrogen-bond donors (Lipinski definition) is 1. The Bertz CT molecular complexity index is 854. The van der Waals surface area contributed by atoms with Gasteiger partial charge in [0.05, 0.1) is 30.5 Å². The van der Waals surface area contributed by atoms with Crippen molar-refractivity contribution in [3.05, 3.63) is 65.2 Å². The highest BCUT2D eigenvalue weighted by atomic mass is 16.5. The Morgan fingerprint density at radius 1 is 1.19 bits per heavy atom. The van der Waals surface area contributed by atoms with Gasteiger partial charge in [-0.05, 0) is 37.3 Å². The number of amides is 1. The van der Waals surface area contributed by atoms with E-state index in [1.165, 1.54) is 13.3 Å². The van der Waals surface area contributed by atoms with Crippen molar-refractivity contribution in [1.82, 2.24) is 5.43 Å². The first kappa shape index (κ1) is 18.7. The second-order valence-electron chi connectivity index (χ2n) is 5.21. The molecule has 7 heteroatoms. The zero-order chi connectivity index (χ0) is 18.9. The van der Waals surface area contributed by atoms with Crippen molar-refractivity contribution in [2.45, 2.75) is 13.0 Å². The van der Waals surface area contributed by atoms with Gasteiger partial charge in [0.2, 0.25) is 0 Å². The molecule has 1 amide bonds. The summed E-state index contributed by atoms with van der Waals surface area (Å²) in [6.07, 6.45) is 0.564. The molecule has 0 fully saturated rings. The SMILES string of the molecule is COC(=O)c1ccccc1/C=N\NC(=O)[C@H](C)Oc1ccc(C#N)cc1. The summed E-state index contributed by atoms with van der Waals surface area (Å²) in [6, 6.07) is 15.1. The highest BCUT2D eigenvalue weighted by Gasteiger charge is 2.14. The number of carbonyl (C=O) groups excluding carboxylic acids is 2. The lowest BCUT2D eigenvalue weighted by atomic mass is 10.1. The normalized spacial score (nSPS) is 11.4. The van der Waals surface area contributed by atoms with Crippen molar-refractivity contribution in [3.63, 3.8) is 0 Å². The first-order valence-electron chi connectivity index (χ1n) is 7.72. The first-order chi connectivity index (χ1) is 12.5. The fourth-order valence-electron chi connectivity index (χ4n) is 2.03. The number of methoxy groups -OCH3 is 1. The van der Waals surface area contributed by atoms with Gasteiger partial charge in [0.1, 0.15) is 5.75 Å². The van der Waals surface area contributed by atoms with Gasteiger partial charge in [-0.15, -0.1) is 0 Å². The minimum atomic E-state index is -0.795. The Morgan fingerprint density at radius 3 is 2.54 bits per heavy atom. The van der Waals surface area contributed by atoms with Gasteiger partial charge in [0, 0.05) is 5.56 Å². The summed E-state index contributed by atoms with van der Waals surface area (Å²) in [5, 5.41) is 12.6. The van der Waals surface area contributed by atoms with Crippen molar-refractivity contribution >= 4 is 18.1 Å². The first-order valence-corrected chi connectivity index (χ1v) is 7.72. The number of nitriles is 1. The van der Waals surface area contributed by atoms with E-state index in [1.807, 2.05) is 6.07 Å². The summed E-state index contributed by atoms with van der Waals surface area (Å²) in [7, 11) is 1.29. The van der Waals surface area contributed by atoms with E-state index < -0.39 is 18.0 Å². The Morgan fingerprint density at radius 2 is 1.88 bits per heavy atom. The quantitative estimate of drug-likeness (QED) is 0.489. The molecule has 0 saturated carbocycles. The van der Waals surface area contributed by atoms with Crippen LogP contribution in [0.5, 0.6) is 5.75 Å². The molecule has 7 nitrogen and oxygen atoms in total. The highest BCUT2D eigenvalue weighted by molar-refractivity contribution is 5.99. The number of hydrazone groups is 1. The summed E-state index contributed by atoms with van der Waals surface area (Å²) < 4.78 is 10.2. The van der Waals surface area contributed by atoms with Gasteiger partial charge in [0.25, 0.3) is 5.91 Å². The van der Waals surface area contributed by atoms with Gasteiger partial charge in [-0.2, -0.15) is 10.4 Å². The molecule has 0 heterocycles.